The monoisotopic (exact) mass is 383 g/mol. The Morgan fingerprint density at radius 2 is 1.96 bits per heavy atom. The first-order chi connectivity index (χ1) is 13.7. The highest BCUT2D eigenvalue weighted by Gasteiger charge is 2.30. The van der Waals surface area contributed by atoms with E-state index in [9.17, 15) is 4.39 Å². The third-order valence-corrected chi connectivity index (χ3v) is 5.07. The van der Waals surface area contributed by atoms with E-state index in [2.05, 4.69) is 15.0 Å². The van der Waals surface area contributed by atoms with E-state index in [1.807, 2.05) is 18.2 Å². The van der Waals surface area contributed by atoms with Crippen molar-refractivity contribution in [2.24, 2.45) is 0 Å². The zero-order valence-corrected chi connectivity index (χ0v) is 15.9. The van der Waals surface area contributed by atoms with Crippen LogP contribution in [0.15, 0.2) is 47.0 Å². The summed E-state index contributed by atoms with van der Waals surface area (Å²) in [7, 11) is 3.34. The average Bonchev–Trinajstić information content (AvgIpc) is 3.38. The molecule has 1 aliphatic heterocycles. The molecule has 28 heavy (non-hydrogen) atoms. The largest absolute Gasteiger partial charge is 0.497 e. The van der Waals surface area contributed by atoms with Gasteiger partial charge in [-0.05, 0) is 61.9 Å². The molecule has 0 N–H and O–H groups in total. The van der Waals surface area contributed by atoms with Gasteiger partial charge in [0.2, 0.25) is 11.7 Å². The summed E-state index contributed by atoms with van der Waals surface area (Å²) < 4.78 is 29.5. The van der Waals surface area contributed by atoms with Crippen molar-refractivity contribution in [2.45, 2.75) is 25.4 Å². The second-order valence-electron chi connectivity index (χ2n) is 6.75. The van der Waals surface area contributed by atoms with Crippen molar-refractivity contribution in [3.05, 3.63) is 59.7 Å². The van der Waals surface area contributed by atoms with Crippen LogP contribution in [0.4, 0.5) is 4.39 Å². The first-order valence-corrected chi connectivity index (χ1v) is 9.22. The molecule has 1 atom stereocenters. The van der Waals surface area contributed by atoms with Gasteiger partial charge in [0.05, 0.1) is 20.8 Å². The van der Waals surface area contributed by atoms with Crippen molar-refractivity contribution in [2.75, 3.05) is 20.8 Å². The van der Waals surface area contributed by atoms with Crippen LogP contribution in [0.5, 0.6) is 11.5 Å². The normalized spacial score (nSPS) is 17.0. The van der Waals surface area contributed by atoms with Crippen LogP contribution in [0.1, 0.15) is 30.3 Å². The Balaban J connectivity index is 1.54. The number of nitrogens with zero attached hydrogens (tertiary/aromatic N) is 3. The molecule has 0 amide bonds. The van der Waals surface area contributed by atoms with Gasteiger partial charge in [0.1, 0.15) is 17.3 Å². The van der Waals surface area contributed by atoms with Crippen molar-refractivity contribution in [3.8, 4) is 22.9 Å². The Hall–Kier alpha value is -2.93. The number of ether oxygens (including phenoxy) is 2. The van der Waals surface area contributed by atoms with Gasteiger partial charge in [0, 0.05) is 17.2 Å². The van der Waals surface area contributed by atoms with E-state index in [0.717, 1.165) is 42.0 Å². The summed E-state index contributed by atoms with van der Waals surface area (Å²) in [5.74, 6) is 2.35. The minimum Gasteiger partial charge on any atom is -0.497 e. The van der Waals surface area contributed by atoms with Crippen molar-refractivity contribution >= 4 is 0 Å². The van der Waals surface area contributed by atoms with E-state index in [1.165, 1.54) is 12.1 Å². The van der Waals surface area contributed by atoms with Crippen LogP contribution in [-0.2, 0) is 6.54 Å². The quantitative estimate of drug-likeness (QED) is 0.635. The van der Waals surface area contributed by atoms with E-state index in [1.54, 1.807) is 26.4 Å². The van der Waals surface area contributed by atoms with Gasteiger partial charge in [-0.2, -0.15) is 4.98 Å². The number of hydrogen-bond acceptors (Lipinski definition) is 6. The number of rotatable bonds is 6. The van der Waals surface area contributed by atoms with E-state index in [0.29, 0.717) is 18.3 Å². The van der Waals surface area contributed by atoms with Crippen LogP contribution >= 0.6 is 0 Å². The van der Waals surface area contributed by atoms with E-state index in [-0.39, 0.29) is 11.9 Å². The molecule has 7 heteroatoms. The topological polar surface area (TPSA) is 60.6 Å². The molecule has 1 saturated heterocycles. The standard InChI is InChI=1S/C21H22FN3O3/c1-26-16-9-10-19(27-2)17(12-16)18-4-3-11-25(18)13-20-23-21(24-28-20)14-5-7-15(22)8-6-14/h5-10,12,18H,3-4,11,13H2,1-2H3/t18-/m1/s1. The highest BCUT2D eigenvalue weighted by molar-refractivity contribution is 5.53. The average molecular weight is 383 g/mol. The predicted octanol–water partition coefficient (Wildman–Crippen LogP) is 4.23. The Kier molecular flexibility index (Phi) is 5.25. The number of benzene rings is 2. The molecular formula is C21H22FN3O3. The molecule has 4 rings (SSSR count). The van der Waals surface area contributed by atoms with Crippen LogP contribution in [0.25, 0.3) is 11.4 Å². The lowest BCUT2D eigenvalue weighted by molar-refractivity contribution is 0.209. The van der Waals surface area contributed by atoms with Crippen LogP contribution in [0, 0.1) is 5.82 Å². The lowest BCUT2D eigenvalue weighted by Gasteiger charge is -2.25. The number of methoxy groups -OCH3 is 2. The fourth-order valence-corrected chi connectivity index (χ4v) is 3.68. The molecule has 3 aromatic rings. The van der Waals surface area contributed by atoms with Gasteiger partial charge in [0.25, 0.3) is 0 Å². The smallest absolute Gasteiger partial charge is 0.241 e. The maximum absolute atomic E-state index is 13.1. The molecular weight excluding hydrogens is 361 g/mol. The Morgan fingerprint density at radius 1 is 1.14 bits per heavy atom. The molecule has 1 aromatic heterocycles. The minimum absolute atomic E-state index is 0.186. The van der Waals surface area contributed by atoms with Crippen LogP contribution in [-0.4, -0.2) is 35.8 Å². The minimum atomic E-state index is -0.292. The highest BCUT2D eigenvalue weighted by Crippen LogP contribution is 2.39. The molecule has 0 aliphatic carbocycles. The highest BCUT2D eigenvalue weighted by atomic mass is 19.1. The fourth-order valence-electron chi connectivity index (χ4n) is 3.68. The third kappa shape index (κ3) is 3.71. The molecule has 146 valence electrons. The van der Waals surface area contributed by atoms with Crippen molar-refractivity contribution in [1.29, 1.82) is 0 Å². The zero-order valence-electron chi connectivity index (χ0n) is 15.9. The number of hydrogen-bond donors (Lipinski definition) is 0. The SMILES string of the molecule is COc1ccc(OC)c([C@H]2CCCN2Cc2nc(-c3ccc(F)cc3)no2)c1. The van der Waals surface area contributed by atoms with Crippen LogP contribution in [0.3, 0.4) is 0 Å². The lowest BCUT2D eigenvalue weighted by atomic mass is 10.0. The molecule has 0 bridgehead atoms. The van der Waals surface area contributed by atoms with Gasteiger partial charge < -0.3 is 14.0 Å². The van der Waals surface area contributed by atoms with Gasteiger partial charge in [0.15, 0.2) is 0 Å². The summed E-state index contributed by atoms with van der Waals surface area (Å²) in [6.07, 6.45) is 2.09. The Morgan fingerprint density at radius 3 is 2.71 bits per heavy atom. The molecule has 6 nitrogen and oxygen atoms in total. The summed E-state index contributed by atoms with van der Waals surface area (Å²) >= 11 is 0. The van der Waals surface area contributed by atoms with Gasteiger partial charge in [-0.25, -0.2) is 4.39 Å². The summed E-state index contributed by atoms with van der Waals surface area (Å²) in [6, 6.07) is 12.1. The predicted molar refractivity (Wildman–Crippen MR) is 102 cm³/mol. The molecule has 0 radical (unpaired) electrons. The summed E-state index contributed by atoms with van der Waals surface area (Å²) in [5.41, 5.74) is 1.82. The first kappa shape index (κ1) is 18.4. The summed E-state index contributed by atoms with van der Waals surface area (Å²) in [6.45, 7) is 1.47. The van der Waals surface area contributed by atoms with E-state index >= 15 is 0 Å². The Bertz CT molecular complexity index is 942. The van der Waals surface area contributed by atoms with E-state index < -0.39 is 0 Å². The van der Waals surface area contributed by atoms with Gasteiger partial charge >= 0.3 is 0 Å². The third-order valence-electron chi connectivity index (χ3n) is 5.07. The van der Waals surface area contributed by atoms with Crippen LogP contribution in [0.2, 0.25) is 0 Å². The fraction of sp³-hybridized carbons (Fsp3) is 0.333. The number of aromatic nitrogens is 2. The maximum Gasteiger partial charge on any atom is 0.241 e. The number of halogens is 1. The zero-order chi connectivity index (χ0) is 19.5. The van der Waals surface area contributed by atoms with Crippen LogP contribution < -0.4 is 9.47 Å². The first-order valence-electron chi connectivity index (χ1n) is 9.22. The van der Waals surface area contributed by atoms with Crippen molar-refractivity contribution < 1.29 is 18.4 Å². The molecule has 2 heterocycles. The molecule has 0 spiro atoms. The summed E-state index contributed by atoms with van der Waals surface area (Å²) in [4.78, 5) is 6.79. The van der Waals surface area contributed by atoms with E-state index in [4.69, 9.17) is 14.0 Å². The maximum atomic E-state index is 13.1. The summed E-state index contributed by atoms with van der Waals surface area (Å²) in [5, 5.41) is 4.04. The second-order valence-corrected chi connectivity index (χ2v) is 6.75. The molecule has 1 fully saturated rings. The molecule has 0 saturated carbocycles. The second kappa shape index (κ2) is 7.98. The molecule has 2 aromatic carbocycles. The number of likely N-dealkylation sites (tertiary alicyclic amines) is 1. The van der Waals surface area contributed by atoms with Crippen molar-refractivity contribution in [3.63, 3.8) is 0 Å². The lowest BCUT2D eigenvalue weighted by Crippen LogP contribution is -2.23. The van der Waals surface area contributed by atoms with Crippen molar-refractivity contribution in [1.82, 2.24) is 15.0 Å². The Labute approximate surface area is 162 Å². The molecule has 0 unspecified atom stereocenters. The molecule has 1 aliphatic rings. The van der Waals surface area contributed by atoms with Gasteiger partial charge in [-0.1, -0.05) is 5.16 Å². The van der Waals surface area contributed by atoms with Gasteiger partial charge in [-0.3, -0.25) is 4.90 Å². The van der Waals surface area contributed by atoms with Gasteiger partial charge in [-0.15, -0.1) is 0 Å².